The van der Waals surface area contributed by atoms with Crippen LogP contribution in [0.2, 0.25) is 0 Å². The zero-order valence-corrected chi connectivity index (χ0v) is 12.0. The average Bonchev–Trinajstić information content (AvgIpc) is 2.52. The van der Waals surface area contributed by atoms with Crippen LogP contribution in [0.3, 0.4) is 0 Å². The average molecular weight is 254 g/mol. The van der Waals surface area contributed by atoms with Gasteiger partial charge in [-0.05, 0) is 26.8 Å². The number of carbonyl (C=O) groups excluding carboxylic acids is 1. The molecule has 0 spiro atoms. The summed E-state index contributed by atoms with van der Waals surface area (Å²) in [4.78, 5) is 17.3. The number of Topliss-reactive ketones (excluding diaryl/α,β-unsaturated/α-hetero) is 1. The number of hydrogen-bond acceptors (Lipinski definition) is 4. The molecule has 17 heavy (non-hydrogen) atoms. The Bertz CT molecular complexity index is 352. The van der Waals surface area contributed by atoms with Gasteiger partial charge in [0.05, 0.1) is 12.1 Å². The number of aromatic nitrogens is 1. The summed E-state index contributed by atoms with van der Waals surface area (Å²) in [5, 5.41) is 4.27. The van der Waals surface area contributed by atoms with Crippen molar-refractivity contribution in [2.24, 2.45) is 0 Å². The van der Waals surface area contributed by atoms with Gasteiger partial charge in [0.25, 0.3) is 0 Å². The second-order valence-corrected chi connectivity index (χ2v) is 5.96. The second kappa shape index (κ2) is 6.87. The van der Waals surface area contributed by atoms with Crippen molar-refractivity contribution in [2.75, 3.05) is 6.54 Å². The Morgan fingerprint density at radius 2 is 2.12 bits per heavy atom. The third kappa shape index (κ3) is 5.41. The topological polar surface area (TPSA) is 42.0 Å². The number of nitrogens with zero attached hydrogens (tertiary/aromatic N) is 1. The van der Waals surface area contributed by atoms with Crippen LogP contribution >= 0.6 is 11.3 Å². The maximum absolute atomic E-state index is 11.7. The van der Waals surface area contributed by atoms with Crippen molar-refractivity contribution in [3.05, 3.63) is 15.6 Å². The highest BCUT2D eigenvalue weighted by atomic mass is 32.1. The van der Waals surface area contributed by atoms with E-state index in [9.17, 15) is 4.79 Å². The summed E-state index contributed by atoms with van der Waals surface area (Å²) in [6, 6.07) is 0.495. The molecule has 0 unspecified atom stereocenters. The molecular formula is C13H22N2OS. The van der Waals surface area contributed by atoms with Gasteiger partial charge in [-0.3, -0.25) is 4.79 Å². The highest BCUT2D eigenvalue weighted by molar-refractivity contribution is 7.11. The normalized spacial score (nSPS) is 11.1. The molecule has 0 bridgehead atoms. The van der Waals surface area contributed by atoms with Gasteiger partial charge in [0.2, 0.25) is 0 Å². The Balaban J connectivity index is 2.25. The third-order valence-electron chi connectivity index (χ3n) is 2.61. The molecule has 96 valence electrons. The summed E-state index contributed by atoms with van der Waals surface area (Å²) in [7, 11) is 0. The molecule has 3 nitrogen and oxygen atoms in total. The van der Waals surface area contributed by atoms with Crippen LogP contribution in [0.1, 0.15) is 42.3 Å². The Kier molecular flexibility index (Phi) is 5.78. The van der Waals surface area contributed by atoms with Gasteiger partial charge >= 0.3 is 0 Å². The Morgan fingerprint density at radius 3 is 2.65 bits per heavy atom. The lowest BCUT2D eigenvalue weighted by Gasteiger charge is -2.06. The van der Waals surface area contributed by atoms with E-state index in [0.717, 1.165) is 23.7 Å². The van der Waals surface area contributed by atoms with Crippen LogP contribution in [0.25, 0.3) is 0 Å². The minimum Gasteiger partial charge on any atom is -0.315 e. The van der Waals surface area contributed by atoms with E-state index in [-0.39, 0.29) is 0 Å². The van der Waals surface area contributed by atoms with Gasteiger partial charge < -0.3 is 5.32 Å². The van der Waals surface area contributed by atoms with E-state index >= 15 is 0 Å². The molecule has 0 atom stereocenters. The molecule has 0 aliphatic carbocycles. The van der Waals surface area contributed by atoms with Crippen molar-refractivity contribution < 1.29 is 4.79 Å². The van der Waals surface area contributed by atoms with Crippen LogP contribution in [0.5, 0.6) is 0 Å². The summed E-state index contributed by atoms with van der Waals surface area (Å²) in [5.74, 6) is 0.296. The molecule has 1 N–H and O–H groups in total. The van der Waals surface area contributed by atoms with Crippen LogP contribution in [-0.2, 0) is 11.2 Å². The van der Waals surface area contributed by atoms with Crippen molar-refractivity contribution in [1.29, 1.82) is 0 Å². The predicted octanol–water partition coefficient (Wildman–Crippen LogP) is 2.65. The molecule has 0 fully saturated rings. The molecule has 1 aromatic rings. The first-order chi connectivity index (χ1) is 7.99. The number of nitrogens with one attached hydrogen (secondary N) is 1. The van der Waals surface area contributed by atoms with Crippen molar-refractivity contribution in [3.8, 4) is 0 Å². The molecule has 0 aromatic carbocycles. The number of ketones is 1. The standard InChI is InChI=1S/C13H22N2OS/c1-9(2)14-7-5-6-12(16)8-13-15-10(3)11(4)17-13/h9,14H,5-8H2,1-4H3. The van der Waals surface area contributed by atoms with Gasteiger partial charge in [0.15, 0.2) is 0 Å². The minimum atomic E-state index is 0.296. The molecule has 0 aliphatic heterocycles. The molecular weight excluding hydrogens is 232 g/mol. The first kappa shape index (κ1) is 14.3. The zero-order chi connectivity index (χ0) is 12.8. The van der Waals surface area contributed by atoms with Gasteiger partial charge in [0, 0.05) is 17.3 Å². The lowest BCUT2D eigenvalue weighted by Crippen LogP contribution is -2.24. The van der Waals surface area contributed by atoms with Gasteiger partial charge in [-0.15, -0.1) is 11.3 Å². The number of rotatable bonds is 7. The van der Waals surface area contributed by atoms with Gasteiger partial charge in [-0.2, -0.15) is 0 Å². The fourth-order valence-electron chi connectivity index (χ4n) is 1.55. The number of aryl methyl sites for hydroxylation is 2. The summed E-state index contributed by atoms with van der Waals surface area (Å²) >= 11 is 1.64. The highest BCUT2D eigenvalue weighted by Crippen LogP contribution is 2.17. The van der Waals surface area contributed by atoms with E-state index in [1.54, 1.807) is 11.3 Å². The SMILES string of the molecule is Cc1nc(CC(=O)CCCNC(C)C)sc1C. The first-order valence-corrected chi connectivity index (χ1v) is 6.98. The number of hydrogen-bond donors (Lipinski definition) is 1. The largest absolute Gasteiger partial charge is 0.315 e. The van der Waals surface area contributed by atoms with Crippen LogP contribution < -0.4 is 5.32 Å². The highest BCUT2D eigenvalue weighted by Gasteiger charge is 2.08. The third-order valence-corrected chi connectivity index (χ3v) is 3.68. The molecule has 1 rings (SSSR count). The molecule has 0 aliphatic rings. The molecule has 0 saturated carbocycles. The lowest BCUT2D eigenvalue weighted by molar-refractivity contribution is -0.118. The molecule has 4 heteroatoms. The molecule has 1 heterocycles. The van der Waals surface area contributed by atoms with E-state index in [1.165, 1.54) is 4.88 Å². The lowest BCUT2D eigenvalue weighted by atomic mass is 10.1. The summed E-state index contributed by atoms with van der Waals surface area (Å²) in [6.07, 6.45) is 2.07. The Labute approximate surface area is 108 Å². The van der Waals surface area contributed by atoms with Crippen LogP contribution in [0.15, 0.2) is 0 Å². The zero-order valence-electron chi connectivity index (χ0n) is 11.2. The maximum Gasteiger partial charge on any atom is 0.139 e. The van der Waals surface area contributed by atoms with E-state index in [0.29, 0.717) is 24.7 Å². The van der Waals surface area contributed by atoms with Crippen molar-refractivity contribution >= 4 is 17.1 Å². The van der Waals surface area contributed by atoms with Crippen LogP contribution in [-0.4, -0.2) is 23.4 Å². The molecule has 1 aromatic heterocycles. The Hall–Kier alpha value is -0.740. The van der Waals surface area contributed by atoms with E-state index in [1.807, 2.05) is 13.8 Å². The Morgan fingerprint density at radius 1 is 1.41 bits per heavy atom. The summed E-state index contributed by atoms with van der Waals surface area (Å²) in [6.45, 7) is 9.19. The molecule has 0 radical (unpaired) electrons. The van der Waals surface area contributed by atoms with Crippen molar-refractivity contribution in [1.82, 2.24) is 10.3 Å². The second-order valence-electron chi connectivity index (χ2n) is 4.68. The summed E-state index contributed by atoms with van der Waals surface area (Å²) < 4.78 is 0. The fraction of sp³-hybridized carbons (Fsp3) is 0.692. The molecule has 0 saturated heterocycles. The van der Waals surface area contributed by atoms with Crippen LogP contribution in [0, 0.1) is 13.8 Å². The van der Waals surface area contributed by atoms with E-state index in [4.69, 9.17) is 0 Å². The smallest absolute Gasteiger partial charge is 0.139 e. The van der Waals surface area contributed by atoms with Gasteiger partial charge in [-0.1, -0.05) is 13.8 Å². The monoisotopic (exact) mass is 254 g/mol. The van der Waals surface area contributed by atoms with Crippen molar-refractivity contribution in [2.45, 2.75) is 53.0 Å². The van der Waals surface area contributed by atoms with Gasteiger partial charge in [0.1, 0.15) is 10.8 Å². The van der Waals surface area contributed by atoms with Crippen LogP contribution in [0.4, 0.5) is 0 Å². The quantitative estimate of drug-likeness (QED) is 0.761. The van der Waals surface area contributed by atoms with Crippen molar-refractivity contribution in [3.63, 3.8) is 0 Å². The number of carbonyl (C=O) groups is 1. The number of thiazole rings is 1. The predicted molar refractivity (Wildman–Crippen MR) is 72.7 cm³/mol. The summed E-state index contributed by atoms with van der Waals surface area (Å²) in [5.41, 5.74) is 1.05. The first-order valence-electron chi connectivity index (χ1n) is 6.17. The molecule has 0 amide bonds. The maximum atomic E-state index is 11.7. The van der Waals surface area contributed by atoms with E-state index < -0.39 is 0 Å². The fourth-order valence-corrected chi connectivity index (χ4v) is 2.51. The minimum absolute atomic E-state index is 0.296. The van der Waals surface area contributed by atoms with Gasteiger partial charge in [-0.25, -0.2) is 4.98 Å². The van der Waals surface area contributed by atoms with E-state index in [2.05, 4.69) is 24.1 Å².